The Balaban J connectivity index is 1.84. The monoisotopic (exact) mass is 281 g/mol. The summed E-state index contributed by atoms with van der Waals surface area (Å²) < 4.78 is 6.48. The van der Waals surface area contributed by atoms with Gasteiger partial charge in [-0.05, 0) is 51.9 Å². The van der Waals surface area contributed by atoms with Crippen molar-refractivity contribution in [3.63, 3.8) is 0 Å². The Bertz CT molecular complexity index is 292. The zero-order chi connectivity index (χ0) is 14.6. The van der Waals surface area contributed by atoms with Crippen LogP contribution >= 0.6 is 0 Å². The smallest absolute Gasteiger partial charge is 0.0809 e. The van der Waals surface area contributed by atoms with Gasteiger partial charge < -0.3 is 10.1 Å². The summed E-state index contributed by atoms with van der Waals surface area (Å²) in [5.41, 5.74) is 0.291. The van der Waals surface area contributed by atoms with Gasteiger partial charge in [0.2, 0.25) is 0 Å². The zero-order valence-electron chi connectivity index (χ0n) is 14.1. The number of rotatable bonds is 6. The number of hydrogen-bond donors (Lipinski definition) is 1. The molecule has 2 heteroatoms. The van der Waals surface area contributed by atoms with Crippen LogP contribution < -0.4 is 5.32 Å². The quantitative estimate of drug-likeness (QED) is 0.772. The summed E-state index contributed by atoms with van der Waals surface area (Å²) in [6.07, 6.45) is 10.8. The van der Waals surface area contributed by atoms with E-state index in [9.17, 15) is 0 Å². The van der Waals surface area contributed by atoms with E-state index in [0.717, 1.165) is 25.0 Å². The molecule has 2 rings (SSSR count). The summed E-state index contributed by atoms with van der Waals surface area (Å²) in [6.45, 7) is 11.1. The van der Waals surface area contributed by atoms with Crippen LogP contribution in [0, 0.1) is 11.8 Å². The highest BCUT2D eigenvalue weighted by Crippen LogP contribution is 2.36. The SMILES string of the molecule is CC1CCCC(CNC(C)(C)C)(OCCC2CCC2)C1. The highest BCUT2D eigenvalue weighted by Gasteiger charge is 2.36. The fourth-order valence-corrected chi connectivity index (χ4v) is 3.60. The third kappa shape index (κ3) is 5.04. The highest BCUT2D eigenvalue weighted by atomic mass is 16.5. The van der Waals surface area contributed by atoms with E-state index in [2.05, 4.69) is 33.0 Å². The lowest BCUT2D eigenvalue weighted by molar-refractivity contribution is -0.0874. The first-order chi connectivity index (χ1) is 9.39. The summed E-state index contributed by atoms with van der Waals surface area (Å²) in [6, 6.07) is 0. The van der Waals surface area contributed by atoms with E-state index in [1.54, 1.807) is 0 Å². The lowest BCUT2D eigenvalue weighted by Gasteiger charge is -2.42. The molecule has 2 nitrogen and oxygen atoms in total. The second-order valence-electron chi connectivity index (χ2n) is 8.42. The Morgan fingerprint density at radius 3 is 2.45 bits per heavy atom. The van der Waals surface area contributed by atoms with Crippen LogP contribution in [0.15, 0.2) is 0 Å². The molecule has 2 atom stereocenters. The van der Waals surface area contributed by atoms with E-state index < -0.39 is 0 Å². The predicted octanol–water partition coefficient (Wildman–Crippen LogP) is 4.53. The van der Waals surface area contributed by atoms with Gasteiger partial charge in [0.25, 0.3) is 0 Å². The lowest BCUT2D eigenvalue weighted by atomic mass is 9.78. The van der Waals surface area contributed by atoms with Crippen LogP contribution in [0.2, 0.25) is 0 Å². The maximum Gasteiger partial charge on any atom is 0.0809 e. The summed E-state index contributed by atoms with van der Waals surface area (Å²) >= 11 is 0. The Labute approximate surface area is 126 Å². The molecule has 2 aliphatic carbocycles. The van der Waals surface area contributed by atoms with Crippen LogP contribution in [0.25, 0.3) is 0 Å². The maximum atomic E-state index is 6.48. The van der Waals surface area contributed by atoms with Crippen molar-refractivity contribution in [1.82, 2.24) is 5.32 Å². The molecule has 1 N–H and O–H groups in total. The topological polar surface area (TPSA) is 21.3 Å². The van der Waals surface area contributed by atoms with Gasteiger partial charge in [-0.2, -0.15) is 0 Å². The second kappa shape index (κ2) is 6.79. The normalized spacial score (nSPS) is 32.1. The second-order valence-corrected chi connectivity index (χ2v) is 8.42. The summed E-state index contributed by atoms with van der Waals surface area (Å²) in [5.74, 6) is 1.78. The summed E-state index contributed by atoms with van der Waals surface area (Å²) in [7, 11) is 0. The van der Waals surface area contributed by atoms with Gasteiger partial charge in [0.15, 0.2) is 0 Å². The van der Waals surface area contributed by atoms with E-state index in [4.69, 9.17) is 4.74 Å². The number of nitrogens with one attached hydrogen (secondary N) is 1. The minimum atomic E-state index is 0.106. The fourth-order valence-electron chi connectivity index (χ4n) is 3.60. The first kappa shape index (κ1) is 16.3. The molecule has 2 saturated carbocycles. The van der Waals surface area contributed by atoms with Gasteiger partial charge in [-0.15, -0.1) is 0 Å². The van der Waals surface area contributed by atoms with E-state index in [0.29, 0.717) is 0 Å². The fraction of sp³-hybridized carbons (Fsp3) is 1.00. The van der Waals surface area contributed by atoms with Crippen molar-refractivity contribution in [2.24, 2.45) is 11.8 Å². The first-order valence-corrected chi connectivity index (χ1v) is 8.78. The third-order valence-electron chi connectivity index (χ3n) is 5.15. The largest absolute Gasteiger partial charge is 0.374 e. The van der Waals surface area contributed by atoms with E-state index in [-0.39, 0.29) is 11.1 Å². The predicted molar refractivity (Wildman–Crippen MR) is 86.0 cm³/mol. The van der Waals surface area contributed by atoms with Crippen molar-refractivity contribution in [3.8, 4) is 0 Å². The van der Waals surface area contributed by atoms with Crippen LogP contribution in [-0.4, -0.2) is 24.3 Å². The average Bonchev–Trinajstić information content (AvgIpc) is 2.29. The minimum absolute atomic E-state index is 0.106. The lowest BCUT2D eigenvalue weighted by Crippen LogP contribution is -2.51. The molecule has 0 bridgehead atoms. The van der Waals surface area contributed by atoms with Crippen LogP contribution in [-0.2, 0) is 4.74 Å². The van der Waals surface area contributed by atoms with Crippen LogP contribution in [0.4, 0.5) is 0 Å². The highest BCUT2D eigenvalue weighted by molar-refractivity contribution is 4.91. The molecule has 2 unspecified atom stereocenters. The summed E-state index contributed by atoms with van der Waals surface area (Å²) in [4.78, 5) is 0. The molecule has 0 aromatic carbocycles. The van der Waals surface area contributed by atoms with Crippen LogP contribution in [0.3, 0.4) is 0 Å². The molecular weight excluding hydrogens is 246 g/mol. The third-order valence-corrected chi connectivity index (χ3v) is 5.15. The Morgan fingerprint density at radius 1 is 1.15 bits per heavy atom. The molecule has 0 saturated heterocycles. The molecule has 0 spiro atoms. The van der Waals surface area contributed by atoms with Gasteiger partial charge in [-0.25, -0.2) is 0 Å². The van der Waals surface area contributed by atoms with Gasteiger partial charge in [0.1, 0.15) is 0 Å². The van der Waals surface area contributed by atoms with Gasteiger partial charge in [-0.1, -0.05) is 39.0 Å². The standard InChI is InChI=1S/C18H35NO/c1-15-7-6-11-18(13-15,14-19-17(2,3)4)20-12-10-16-8-5-9-16/h15-16,19H,5-14H2,1-4H3. The Kier molecular flexibility index (Phi) is 5.53. The maximum absolute atomic E-state index is 6.48. The molecule has 0 heterocycles. The molecule has 0 amide bonds. The van der Waals surface area contributed by atoms with Gasteiger partial charge >= 0.3 is 0 Å². The van der Waals surface area contributed by atoms with Gasteiger partial charge in [0, 0.05) is 18.7 Å². The molecule has 2 aliphatic rings. The van der Waals surface area contributed by atoms with Crippen molar-refractivity contribution < 1.29 is 4.74 Å². The van der Waals surface area contributed by atoms with E-state index in [1.165, 1.54) is 51.4 Å². The Hall–Kier alpha value is -0.0800. The average molecular weight is 281 g/mol. The molecule has 0 aliphatic heterocycles. The zero-order valence-corrected chi connectivity index (χ0v) is 14.1. The minimum Gasteiger partial charge on any atom is -0.374 e. The van der Waals surface area contributed by atoms with E-state index >= 15 is 0 Å². The van der Waals surface area contributed by atoms with Crippen molar-refractivity contribution in [3.05, 3.63) is 0 Å². The number of hydrogen-bond acceptors (Lipinski definition) is 2. The van der Waals surface area contributed by atoms with Crippen molar-refractivity contribution in [2.75, 3.05) is 13.2 Å². The summed E-state index contributed by atoms with van der Waals surface area (Å²) in [5, 5.41) is 3.69. The van der Waals surface area contributed by atoms with Crippen molar-refractivity contribution >= 4 is 0 Å². The molecule has 0 aromatic heterocycles. The van der Waals surface area contributed by atoms with Crippen LogP contribution in [0.1, 0.15) is 79.1 Å². The Morgan fingerprint density at radius 2 is 1.90 bits per heavy atom. The van der Waals surface area contributed by atoms with Gasteiger partial charge in [0.05, 0.1) is 5.60 Å². The molecule has 20 heavy (non-hydrogen) atoms. The molecule has 0 radical (unpaired) electrons. The molecule has 118 valence electrons. The molecular formula is C18H35NO. The van der Waals surface area contributed by atoms with Crippen molar-refractivity contribution in [1.29, 1.82) is 0 Å². The van der Waals surface area contributed by atoms with Crippen LogP contribution in [0.5, 0.6) is 0 Å². The first-order valence-electron chi connectivity index (χ1n) is 8.78. The molecule has 2 fully saturated rings. The van der Waals surface area contributed by atoms with Crippen molar-refractivity contribution in [2.45, 2.75) is 90.2 Å². The molecule has 0 aromatic rings. The van der Waals surface area contributed by atoms with Gasteiger partial charge in [-0.3, -0.25) is 0 Å². The van der Waals surface area contributed by atoms with E-state index in [1.807, 2.05) is 0 Å². The number of ether oxygens (including phenoxy) is 1.